The zero-order chi connectivity index (χ0) is 20.4. The summed E-state index contributed by atoms with van der Waals surface area (Å²) in [4.78, 5) is 10.8. The molecule has 1 fully saturated rings. The summed E-state index contributed by atoms with van der Waals surface area (Å²) in [7, 11) is 0. The Hall–Kier alpha value is -1.43. The van der Waals surface area contributed by atoms with Crippen molar-refractivity contribution in [3.8, 4) is 0 Å². The first-order chi connectivity index (χ1) is 12.7. The van der Waals surface area contributed by atoms with Crippen LogP contribution in [0.5, 0.6) is 0 Å². The predicted molar refractivity (Wildman–Crippen MR) is 107 cm³/mol. The molecule has 1 heterocycles. The van der Waals surface area contributed by atoms with Crippen LogP contribution in [0, 0.1) is 0 Å². The molecule has 0 spiro atoms. The molecule has 0 aliphatic carbocycles. The third-order valence-electron chi connectivity index (χ3n) is 5.01. The van der Waals surface area contributed by atoms with Crippen molar-refractivity contribution in [2.24, 2.45) is 0 Å². The molecule has 3 atom stereocenters. The van der Waals surface area contributed by atoms with E-state index in [0.717, 1.165) is 36.8 Å². The molecule has 0 aromatic rings. The highest BCUT2D eigenvalue weighted by atomic mass is 16.6. The number of rotatable bonds is 12. The highest BCUT2D eigenvalue weighted by molar-refractivity contribution is 5.66. The summed E-state index contributed by atoms with van der Waals surface area (Å²) in [5.74, 6) is -0.323. The topological polar surface area (TPSA) is 79.3 Å². The Morgan fingerprint density at radius 1 is 1.22 bits per heavy atom. The quantitative estimate of drug-likeness (QED) is 0.305. The maximum Gasteiger partial charge on any atom is 0.302 e. The van der Waals surface area contributed by atoms with Gasteiger partial charge in [-0.15, -0.1) is 0 Å². The van der Waals surface area contributed by atoms with Crippen LogP contribution in [0.4, 0.5) is 0 Å². The maximum atomic E-state index is 10.8. The summed E-state index contributed by atoms with van der Waals surface area (Å²) in [6.07, 6.45) is 9.71. The average molecular weight is 381 g/mol. The van der Waals surface area contributed by atoms with Crippen LogP contribution in [-0.4, -0.2) is 47.2 Å². The van der Waals surface area contributed by atoms with Gasteiger partial charge in [0.25, 0.3) is 0 Å². The third kappa shape index (κ3) is 9.36. The third-order valence-corrected chi connectivity index (χ3v) is 5.01. The number of allylic oxidation sites excluding steroid dienone is 2. The van der Waals surface area contributed by atoms with Crippen molar-refractivity contribution in [1.82, 2.24) is 0 Å². The van der Waals surface area contributed by atoms with Crippen LogP contribution in [0.25, 0.3) is 0 Å². The number of hydrogen-bond donors (Lipinski definition) is 2. The molecule has 3 unspecified atom stereocenters. The van der Waals surface area contributed by atoms with E-state index in [0.29, 0.717) is 6.42 Å². The normalized spacial score (nSPS) is 23.7. The molecule has 5 heteroatoms. The van der Waals surface area contributed by atoms with Crippen LogP contribution >= 0.6 is 0 Å². The Balaban J connectivity index is 2.35. The molecule has 27 heavy (non-hydrogen) atoms. The number of carbonyl (C=O) groups excluding carboxylic acids is 1. The van der Waals surface area contributed by atoms with Gasteiger partial charge < -0.3 is 19.7 Å². The minimum atomic E-state index is -0.418. The molecule has 0 saturated carbocycles. The van der Waals surface area contributed by atoms with Crippen LogP contribution in [0.3, 0.4) is 0 Å². The first-order valence-electron chi connectivity index (χ1n) is 9.76. The Morgan fingerprint density at radius 3 is 2.52 bits per heavy atom. The fourth-order valence-corrected chi connectivity index (χ4v) is 2.97. The summed E-state index contributed by atoms with van der Waals surface area (Å²) in [6.45, 7) is 9.69. The fourth-order valence-electron chi connectivity index (χ4n) is 2.97. The largest absolute Gasteiger partial charge is 0.462 e. The minimum Gasteiger partial charge on any atom is -0.462 e. The van der Waals surface area contributed by atoms with Gasteiger partial charge in [-0.25, -0.2) is 0 Å². The number of carbonyl (C=O) groups is 1. The molecule has 2 N–H and O–H groups in total. The van der Waals surface area contributed by atoms with Gasteiger partial charge >= 0.3 is 5.97 Å². The van der Waals surface area contributed by atoms with Gasteiger partial charge in [-0.2, -0.15) is 0 Å². The monoisotopic (exact) mass is 380 g/mol. The highest BCUT2D eigenvalue weighted by Gasteiger charge is 2.50. The summed E-state index contributed by atoms with van der Waals surface area (Å²) in [6, 6.07) is 0. The molecule has 0 aromatic carbocycles. The number of epoxide rings is 1. The molecule has 0 radical (unpaired) electrons. The number of hydrogen-bond acceptors (Lipinski definition) is 5. The number of esters is 1. The fraction of sp³-hybridized carbons (Fsp3) is 0.682. The van der Waals surface area contributed by atoms with Gasteiger partial charge in [-0.1, -0.05) is 17.7 Å². The second kappa shape index (κ2) is 11.4. The van der Waals surface area contributed by atoms with Crippen molar-refractivity contribution in [2.45, 2.75) is 84.5 Å². The lowest BCUT2D eigenvalue weighted by Gasteiger charge is -2.10. The first-order valence-corrected chi connectivity index (χ1v) is 9.76. The first kappa shape index (κ1) is 23.6. The highest BCUT2D eigenvalue weighted by Crippen LogP contribution is 2.43. The Morgan fingerprint density at radius 2 is 1.93 bits per heavy atom. The van der Waals surface area contributed by atoms with Gasteiger partial charge in [0, 0.05) is 6.92 Å². The summed E-state index contributed by atoms with van der Waals surface area (Å²) in [5, 5.41) is 19.5. The Labute approximate surface area is 163 Å². The van der Waals surface area contributed by atoms with E-state index in [1.54, 1.807) is 6.08 Å². The van der Waals surface area contributed by atoms with Crippen LogP contribution < -0.4 is 0 Å². The zero-order valence-electron chi connectivity index (χ0n) is 17.5. The number of aliphatic hydroxyl groups is 2. The molecule has 5 nitrogen and oxygen atoms in total. The molecule has 1 rings (SSSR count). The summed E-state index contributed by atoms with van der Waals surface area (Å²) < 4.78 is 10.7. The van der Waals surface area contributed by atoms with Crippen molar-refractivity contribution < 1.29 is 24.5 Å². The second-order valence-electron chi connectivity index (χ2n) is 7.80. The molecule has 0 amide bonds. The van der Waals surface area contributed by atoms with E-state index < -0.39 is 6.10 Å². The van der Waals surface area contributed by atoms with Crippen LogP contribution in [-0.2, 0) is 14.3 Å². The standard InChI is InChI=1S/C22H36O5/c1-16(2)8-10-20(25)17(3)7-6-13-22(5)21(27-22)11-9-19(15-23)12-14-26-18(4)24/h7-8,12,20-21,23,25H,6,9-11,13-15H2,1-5H3. The smallest absolute Gasteiger partial charge is 0.302 e. The van der Waals surface area contributed by atoms with Crippen LogP contribution in [0.2, 0.25) is 0 Å². The van der Waals surface area contributed by atoms with E-state index in [9.17, 15) is 15.0 Å². The molecular formula is C22H36O5. The van der Waals surface area contributed by atoms with Crippen molar-refractivity contribution in [2.75, 3.05) is 13.2 Å². The molecular weight excluding hydrogens is 344 g/mol. The summed E-state index contributed by atoms with van der Waals surface area (Å²) in [5.41, 5.74) is 2.96. The van der Waals surface area contributed by atoms with Crippen molar-refractivity contribution >= 4 is 5.97 Å². The van der Waals surface area contributed by atoms with Crippen LogP contribution in [0.1, 0.15) is 66.7 Å². The maximum absolute atomic E-state index is 10.8. The SMILES string of the molecule is CC(=O)OCC=C(CO)CCC1OC1(C)CCC=C(C)C(O)CC=C(C)C. The van der Waals surface area contributed by atoms with Crippen molar-refractivity contribution in [3.05, 3.63) is 34.9 Å². The van der Waals surface area contributed by atoms with Gasteiger partial charge in [-0.05, 0) is 77.0 Å². The lowest BCUT2D eigenvalue weighted by molar-refractivity contribution is -0.139. The second-order valence-corrected chi connectivity index (χ2v) is 7.80. The number of ether oxygens (including phenoxy) is 2. The van der Waals surface area contributed by atoms with Crippen molar-refractivity contribution in [3.63, 3.8) is 0 Å². The Bertz CT molecular complexity index is 571. The van der Waals surface area contributed by atoms with Crippen LogP contribution in [0.15, 0.2) is 34.9 Å². The molecule has 1 aliphatic heterocycles. The van der Waals surface area contributed by atoms with E-state index in [1.165, 1.54) is 12.5 Å². The van der Waals surface area contributed by atoms with Gasteiger partial charge in [-0.3, -0.25) is 4.79 Å². The molecule has 154 valence electrons. The minimum absolute atomic E-state index is 0.0315. The predicted octanol–water partition coefficient (Wildman–Crippen LogP) is 3.85. The van der Waals surface area contributed by atoms with Gasteiger partial charge in [0.05, 0.1) is 24.4 Å². The lowest BCUT2D eigenvalue weighted by atomic mass is 9.95. The Kier molecular flexibility index (Phi) is 9.99. The molecule has 1 aliphatic rings. The van der Waals surface area contributed by atoms with Gasteiger partial charge in [0.15, 0.2) is 0 Å². The molecule has 0 aromatic heterocycles. The summed E-state index contributed by atoms with van der Waals surface area (Å²) >= 11 is 0. The van der Waals surface area contributed by atoms with Crippen molar-refractivity contribution in [1.29, 1.82) is 0 Å². The lowest BCUT2D eigenvalue weighted by Crippen LogP contribution is -2.11. The van der Waals surface area contributed by atoms with E-state index in [4.69, 9.17) is 9.47 Å². The molecule has 0 bridgehead atoms. The number of aliphatic hydroxyl groups excluding tert-OH is 2. The van der Waals surface area contributed by atoms with Gasteiger partial charge in [0.2, 0.25) is 0 Å². The molecule has 1 saturated heterocycles. The van der Waals surface area contributed by atoms with E-state index in [1.807, 2.05) is 20.8 Å². The average Bonchev–Trinajstić information content (AvgIpc) is 3.25. The van der Waals surface area contributed by atoms with E-state index >= 15 is 0 Å². The zero-order valence-corrected chi connectivity index (χ0v) is 17.5. The van der Waals surface area contributed by atoms with E-state index in [-0.39, 0.29) is 30.9 Å². The van der Waals surface area contributed by atoms with Gasteiger partial charge in [0.1, 0.15) is 6.61 Å². The van der Waals surface area contributed by atoms with E-state index in [2.05, 4.69) is 19.1 Å².